The number of nitrogens with zero attached hydrogens (tertiary/aromatic N) is 3. The fraction of sp³-hybridized carbons (Fsp3) is 0.294. The summed E-state index contributed by atoms with van der Waals surface area (Å²) in [7, 11) is 0. The zero-order chi connectivity index (χ0) is 16.2. The highest BCUT2D eigenvalue weighted by atomic mass is 19.1. The van der Waals surface area contributed by atoms with Crippen molar-refractivity contribution in [3.8, 4) is 0 Å². The van der Waals surface area contributed by atoms with Crippen LogP contribution in [0.4, 0.5) is 16.2 Å². The van der Waals surface area contributed by atoms with Crippen LogP contribution in [0.15, 0.2) is 36.4 Å². The van der Waals surface area contributed by atoms with E-state index in [-0.39, 0.29) is 11.9 Å². The van der Waals surface area contributed by atoms with Crippen molar-refractivity contribution in [3.63, 3.8) is 0 Å². The molecule has 6 heteroatoms. The molecule has 5 nitrogen and oxygen atoms in total. The summed E-state index contributed by atoms with van der Waals surface area (Å²) in [6.07, 6.45) is 2.07. The van der Waals surface area contributed by atoms with Gasteiger partial charge in [-0.25, -0.2) is 4.98 Å². The fourth-order valence-corrected chi connectivity index (χ4v) is 2.58. The van der Waals surface area contributed by atoms with Crippen LogP contribution in [0.2, 0.25) is 0 Å². The second-order valence-corrected chi connectivity index (χ2v) is 5.48. The number of hydrogen-bond acceptors (Lipinski definition) is 4. The van der Waals surface area contributed by atoms with Gasteiger partial charge in [0.2, 0.25) is 5.95 Å². The molecule has 2 aromatic heterocycles. The number of nitrogens with one attached hydrogen (secondary N) is 1. The molecular formula is C17H20FN5. The molecule has 0 bridgehead atoms. The van der Waals surface area contributed by atoms with Crippen LogP contribution in [0.5, 0.6) is 0 Å². The molecule has 0 fully saturated rings. The molecule has 0 saturated carbocycles. The van der Waals surface area contributed by atoms with Crippen LogP contribution >= 0.6 is 0 Å². The van der Waals surface area contributed by atoms with E-state index >= 15 is 0 Å². The molecule has 3 rings (SSSR count). The molecule has 0 atom stereocenters. The Hall–Kier alpha value is -2.63. The Morgan fingerprint density at radius 1 is 1.22 bits per heavy atom. The van der Waals surface area contributed by atoms with Crippen molar-refractivity contribution < 1.29 is 4.39 Å². The second-order valence-electron chi connectivity index (χ2n) is 5.48. The van der Waals surface area contributed by atoms with Crippen LogP contribution in [0.3, 0.4) is 0 Å². The smallest absolute Gasteiger partial charge is 0.222 e. The molecular weight excluding hydrogens is 293 g/mol. The van der Waals surface area contributed by atoms with Crippen LogP contribution in [-0.2, 0) is 6.54 Å². The van der Waals surface area contributed by atoms with Gasteiger partial charge in [-0.15, -0.1) is 0 Å². The third-order valence-electron chi connectivity index (χ3n) is 3.72. The molecule has 23 heavy (non-hydrogen) atoms. The number of unbranched alkanes of at least 4 members (excludes halogenated alkanes) is 1. The first kappa shape index (κ1) is 15.3. The predicted octanol–water partition coefficient (Wildman–Crippen LogP) is 3.41. The lowest BCUT2D eigenvalue weighted by molar-refractivity contribution is 0.524. The van der Waals surface area contributed by atoms with Gasteiger partial charge in [0.05, 0.1) is 12.1 Å². The van der Waals surface area contributed by atoms with Gasteiger partial charge in [0.25, 0.3) is 0 Å². The number of rotatable bonds is 6. The van der Waals surface area contributed by atoms with E-state index in [9.17, 15) is 4.39 Å². The third kappa shape index (κ3) is 3.26. The van der Waals surface area contributed by atoms with Gasteiger partial charge in [0.15, 0.2) is 11.8 Å². The Bertz CT molecular complexity index is 798. The van der Waals surface area contributed by atoms with Crippen LogP contribution in [0.1, 0.15) is 25.3 Å². The molecule has 120 valence electrons. The van der Waals surface area contributed by atoms with Crippen molar-refractivity contribution in [2.75, 3.05) is 17.6 Å². The minimum absolute atomic E-state index is 0.147. The van der Waals surface area contributed by atoms with Gasteiger partial charge in [-0.1, -0.05) is 43.7 Å². The highest BCUT2D eigenvalue weighted by molar-refractivity contribution is 5.87. The van der Waals surface area contributed by atoms with Crippen molar-refractivity contribution in [2.24, 2.45) is 0 Å². The number of aromatic nitrogens is 3. The lowest BCUT2D eigenvalue weighted by Crippen LogP contribution is -2.10. The normalized spacial score (nSPS) is 11.0. The first-order valence-electron chi connectivity index (χ1n) is 7.79. The average Bonchev–Trinajstić information content (AvgIpc) is 2.84. The Labute approximate surface area is 134 Å². The van der Waals surface area contributed by atoms with Crippen LogP contribution < -0.4 is 11.1 Å². The average molecular weight is 313 g/mol. The maximum absolute atomic E-state index is 14.4. The summed E-state index contributed by atoms with van der Waals surface area (Å²) in [5.74, 6) is 0.386. The number of anilines is 2. The molecule has 0 spiro atoms. The minimum atomic E-state index is -0.345. The number of benzene rings is 1. The van der Waals surface area contributed by atoms with E-state index in [1.807, 2.05) is 30.3 Å². The highest BCUT2D eigenvalue weighted by Gasteiger charge is 2.16. The largest absolute Gasteiger partial charge is 0.368 e. The first-order valence-corrected chi connectivity index (χ1v) is 7.79. The van der Waals surface area contributed by atoms with Gasteiger partial charge in [-0.05, 0) is 12.0 Å². The van der Waals surface area contributed by atoms with Gasteiger partial charge in [-0.3, -0.25) is 0 Å². The van der Waals surface area contributed by atoms with E-state index in [4.69, 9.17) is 5.73 Å². The van der Waals surface area contributed by atoms with Crippen LogP contribution in [0.25, 0.3) is 11.0 Å². The van der Waals surface area contributed by atoms with Crippen molar-refractivity contribution in [2.45, 2.75) is 26.3 Å². The van der Waals surface area contributed by atoms with Gasteiger partial charge in [-0.2, -0.15) is 9.37 Å². The van der Waals surface area contributed by atoms with Crippen molar-refractivity contribution in [1.82, 2.24) is 14.5 Å². The van der Waals surface area contributed by atoms with E-state index in [1.54, 1.807) is 4.57 Å². The topological polar surface area (TPSA) is 68.8 Å². The van der Waals surface area contributed by atoms with E-state index in [1.165, 1.54) is 6.07 Å². The summed E-state index contributed by atoms with van der Waals surface area (Å²) in [6, 6.07) is 11.2. The zero-order valence-electron chi connectivity index (χ0n) is 13.1. The summed E-state index contributed by atoms with van der Waals surface area (Å²) < 4.78 is 16.0. The molecule has 2 heterocycles. The maximum atomic E-state index is 14.4. The number of halogens is 1. The molecule has 0 aliphatic heterocycles. The van der Waals surface area contributed by atoms with E-state index < -0.39 is 0 Å². The summed E-state index contributed by atoms with van der Waals surface area (Å²) >= 11 is 0. The van der Waals surface area contributed by atoms with Crippen molar-refractivity contribution in [1.29, 1.82) is 0 Å². The van der Waals surface area contributed by atoms with Gasteiger partial charge in [0.1, 0.15) is 5.52 Å². The van der Waals surface area contributed by atoms with Crippen molar-refractivity contribution in [3.05, 3.63) is 47.9 Å². The Morgan fingerprint density at radius 3 is 2.74 bits per heavy atom. The molecule has 1 aromatic carbocycles. The maximum Gasteiger partial charge on any atom is 0.222 e. The molecule has 0 saturated heterocycles. The van der Waals surface area contributed by atoms with Crippen LogP contribution in [0, 0.1) is 5.95 Å². The lowest BCUT2D eigenvalue weighted by Gasteiger charge is -2.11. The molecule has 3 N–H and O–H groups in total. The van der Waals surface area contributed by atoms with E-state index in [2.05, 4.69) is 22.2 Å². The highest BCUT2D eigenvalue weighted by Crippen LogP contribution is 2.26. The van der Waals surface area contributed by atoms with Gasteiger partial charge in [0, 0.05) is 12.6 Å². The summed E-state index contributed by atoms with van der Waals surface area (Å²) in [5.41, 5.74) is 7.93. The third-order valence-corrected chi connectivity index (χ3v) is 3.72. The lowest BCUT2D eigenvalue weighted by atomic mass is 10.2. The molecule has 0 radical (unpaired) electrons. The SMILES string of the molecule is CCCCNc1nc(N)nc2cc(F)n(Cc3ccccc3)c12. The fourth-order valence-electron chi connectivity index (χ4n) is 2.58. The van der Waals surface area contributed by atoms with Gasteiger partial charge >= 0.3 is 0 Å². The standard InChI is InChI=1S/C17H20FN5/c1-2-3-9-20-16-15-13(21-17(19)22-16)10-14(18)23(15)11-12-7-5-4-6-8-12/h4-8,10H,2-3,9,11H2,1H3,(H3,19,20,21,22). The summed E-state index contributed by atoms with van der Waals surface area (Å²) in [6.45, 7) is 3.30. The van der Waals surface area contributed by atoms with E-state index in [0.29, 0.717) is 23.4 Å². The Kier molecular flexibility index (Phi) is 4.41. The molecule has 0 aliphatic rings. The molecule has 0 unspecified atom stereocenters. The number of hydrogen-bond donors (Lipinski definition) is 2. The Balaban J connectivity index is 2.04. The van der Waals surface area contributed by atoms with E-state index in [0.717, 1.165) is 24.9 Å². The van der Waals surface area contributed by atoms with Gasteiger partial charge < -0.3 is 15.6 Å². The monoisotopic (exact) mass is 313 g/mol. The predicted molar refractivity (Wildman–Crippen MR) is 90.8 cm³/mol. The van der Waals surface area contributed by atoms with Crippen molar-refractivity contribution >= 4 is 22.8 Å². The molecule has 3 aromatic rings. The quantitative estimate of drug-likeness (QED) is 0.684. The molecule has 0 amide bonds. The number of nitrogens with two attached hydrogens (primary N) is 1. The first-order chi connectivity index (χ1) is 11.2. The number of fused-ring (bicyclic) bond motifs is 1. The minimum Gasteiger partial charge on any atom is -0.368 e. The summed E-state index contributed by atoms with van der Waals surface area (Å²) in [4.78, 5) is 8.41. The Morgan fingerprint density at radius 2 is 2.00 bits per heavy atom. The van der Waals surface area contributed by atoms with Crippen LogP contribution in [-0.4, -0.2) is 21.1 Å². The number of nitrogen functional groups attached to an aromatic ring is 1. The molecule has 0 aliphatic carbocycles. The zero-order valence-corrected chi connectivity index (χ0v) is 13.1. The summed E-state index contributed by atoms with van der Waals surface area (Å²) in [5, 5.41) is 3.25. The second kappa shape index (κ2) is 6.64.